The molecule has 4 heteroatoms. The van der Waals surface area contributed by atoms with Gasteiger partial charge in [-0.25, -0.2) is 9.97 Å². The number of fused-ring (bicyclic) bond motifs is 5. The Balaban J connectivity index is 1.49. The molecule has 0 bridgehead atoms. The highest BCUT2D eigenvalue weighted by molar-refractivity contribution is 7.98. The maximum absolute atomic E-state index is 5.28. The van der Waals surface area contributed by atoms with Gasteiger partial charge < -0.3 is 0 Å². The number of para-hydroxylation sites is 2. The van der Waals surface area contributed by atoms with Crippen LogP contribution in [0.5, 0.6) is 0 Å². The topological polar surface area (TPSA) is 30.7 Å². The minimum Gasteiger partial charge on any atom is -0.278 e. The quantitative estimate of drug-likeness (QED) is 0.202. The van der Waals surface area contributed by atoms with Crippen LogP contribution in [-0.2, 0) is 0 Å². The minimum absolute atomic E-state index is 0.682. The summed E-state index contributed by atoms with van der Waals surface area (Å²) < 4.78 is 2.27. The molecule has 42 heavy (non-hydrogen) atoms. The first-order valence-electron chi connectivity index (χ1n) is 14.1. The zero-order chi connectivity index (χ0) is 28.2. The van der Waals surface area contributed by atoms with Crippen LogP contribution < -0.4 is 0 Å². The third kappa shape index (κ3) is 3.76. The van der Waals surface area contributed by atoms with E-state index >= 15 is 0 Å². The third-order valence-electron chi connectivity index (χ3n) is 8.30. The first kappa shape index (κ1) is 24.8. The molecule has 0 unspecified atom stereocenters. The fraction of sp³-hybridized carbons (Fsp3) is 0.0526. The number of hydrogen-bond acceptors (Lipinski definition) is 3. The largest absolute Gasteiger partial charge is 0.278 e. The summed E-state index contributed by atoms with van der Waals surface area (Å²) in [5.41, 5.74) is 8.88. The summed E-state index contributed by atoms with van der Waals surface area (Å²) in [4.78, 5) is 11.7. The maximum atomic E-state index is 5.28. The zero-order valence-electron chi connectivity index (χ0n) is 23.4. The Hall–Kier alpha value is -4.93. The molecule has 0 aliphatic heterocycles. The molecule has 0 amide bonds. The highest BCUT2D eigenvalue weighted by Crippen LogP contribution is 2.41. The number of hydrogen-bond donors (Lipinski definition) is 0. The van der Waals surface area contributed by atoms with Crippen LogP contribution in [0.15, 0.2) is 132 Å². The van der Waals surface area contributed by atoms with E-state index < -0.39 is 0 Å². The first-order valence-corrected chi connectivity index (χ1v) is 15.4. The van der Waals surface area contributed by atoms with Gasteiger partial charge in [-0.3, -0.25) is 4.57 Å². The van der Waals surface area contributed by atoms with E-state index in [2.05, 4.69) is 133 Å². The molecule has 3 nitrogen and oxygen atoms in total. The van der Waals surface area contributed by atoms with Crippen LogP contribution in [0.25, 0.3) is 71.8 Å². The second-order valence-corrected chi connectivity index (χ2v) is 11.5. The van der Waals surface area contributed by atoms with E-state index in [0.29, 0.717) is 5.95 Å². The van der Waals surface area contributed by atoms with Crippen LogP contribution in [0.3, 0.4) is 0 Å². The Morgan fingerprint density at radius 1 is 0.595 bits per heavy atom. The Kier molecular flexibility index (Phi) is 5.83. The summed E-state index contributed by atoms with van der Waals surface area (Å²) in [6, 6.07) is 45.1. The van der Waals surface area contributed by atoms with Gasteiger partial charge in [0.25, 0.3) is 0 Å². The third-order valence-corrected chi connectivity index (χ3v) is 9.08. The van der Waals surface area contributed by atoms with E-state index in [9.17, 15) is 0 Å². The molecule has 0 radical (unpaired) electrons. The van der Waals surface area contributed by atoms with Gasteiger partial charge in [-0.1, -0.05) is 109 Å². The van der Waals surface area contributed by atoms with Crippen molar-refractivity contribution in [2.75, 3.05) is 6.26 Å². The summed E-state index contributed by atoms with van der Waals surface area (Å²) >= 11 is 1.80. The average Bonchev–Trinajstić information content (AvgIpc) is 3.39. The first-order chi connectivity index (χ1) is 20.7. The summed E-state index contributed by atoms with van der Waals surface area (Å²) in [5, 5.41) is 6.00. The summed E-state index contributed by atoms with van der Waals surface area (Å²) in [6.45, 7) is 2.24. The maximum Gasteiger partial charge on any atom is 0.235 e. The van der Waals surface area contributed by atoms with Crippen LogP contribution in [0, 0.1) is 6.92 Å². The standard InChI is InChI=1S/C38H27N3S/c1-24-27(29-18-10-14-25-15-11-21-34(42-2)35(25)29)22-23-30-28-16-7-9-20-33(28)41(37(24)30)38-39-32-19-8-6-17-31(32)36(40-38)26-12-4-3-5-13-26/h3-23H,1-2H3. The highest BCUT2D eigenvalue weighted by atomic mass is 32.2. The molecule has 0 saturated heterocycles. The highest BCUT2D eigenvalue weighted by Gasteiger charge is 2.21. The van der Waals surface area contributed by atoms with Crippen LogP contribution in [0.2, 0.25) is 0 Å². The van der Waals surface area contributed by atoms with E-state index in [4.69, 9.17) is 9.97 Å². The van der Waals surface area contributed by atoms with E-state index in [-0.39, 0.29) is 0 Å². The molecule has 0 atom stereocenters. The van der Waals surface area contributed by atoms with Gasteiger partial charge >= 0.3 is 0 Å². The SMILES string of the molecule is CSc1cccc2cccc(-c3ccc4c5ccccc5n(-c5nc(-c6ccccc6)c6ccccc6n5)c4c3C)c12. The van der Waals surface area contributed by atoms with Crippen LogP contribution in [-0.4, -0.2) is 20.8 Å². The Bertz CT molecular complexity index is 2300. The van der Waals surface area contributed by atoms with E-state index in [1.54, 1.807) is 11.8 Å². The fourth-order valence-electron chi connectivity index (χ4n) is 6.40. The average molecular weight is 558 g/mol. The molecule has 0 fully saturated rings. The van der Waals surface area contributed by atoms with Gasteiger partial charge in [-0.15, -0.1) is 11.8 Å². The Labute approximate surface area is 248 Å². The van der Waals surface area contributed by atoms with Crippen molar-refractivity contribution in [1.29, 1.82) is 0 Å². The van der Waals surface area contributed by atoms with Crippen LogP contribution >= 0.6 is 11.8 Å². The molecule has 2 aromatic heterocycles. The van der Waals surface area contributed by atoms with Crippen molar-refractivity contribution in [1.82, 2.24) is 14.5 Å². The van der Waals surface area contributed by atoms with Crippen molar-refractivity contribution in [2.24, 2.45) is 0 Å². The summed E-state index contributed by atoms with van der Waals surface area (Å²) in [6.07, 6.45) is 2.15. The van der Waals surface area contributed by atoms with Gasteiger partial charge in [0.2, 0.25) is 5.95 Å². The second-order valence-electron chi connectivity index (χ2n) is 10.6. The molecule has 0 N–H and O–H groups in total. The molecular formula is C38H27N3S. The van der Waals surface area contributed by atoms with Crippen LogP contribution in [0.4, 0.5) is 0 Å². The predicted molar refractivity (Wildman–Crippen MR) is 179 cm³/mol. The molecule has 200 valence electrons. The fourth-order valence-corrected chi connectivity index (χ4v) is 7.05. The summed E-state index contributed by atoms with van der Waals surface area (Å²) in [7, 11) is 0. The van der Waals surface area contributed by atoms with Gasteiger partial charge in [0, 0.05) is 32.0 Å². The molecule has 8 rings (SSSR count). The smallest absolute Gasteiger partial charge is 0.235 e. The van der Waals surface area contributed by atoms with Gasteiger partial charge in [-0.05, 0) is 53.5 Å². The van der Waals surface area contributed by atoms with Gasteiger partial charge in [0.1, 0.15) is 0 Å². The minimum atomic E-state index is 0.682. The van der Waals surface area contributed by atoms with Crippen molar-refractivity contribution in [3.63, 3.8) is 0 Å². The molecule has 2 heterocycles. The molecular weight excluding hydrogens is 531 g/mol. The van der Waals surface area contributed by atoms with Crippen molar-refractivity contribution in [2.45, 2.75) is 11.8 Å². The lowest BCUT2D eigenvalue weighted by atomic mass is 9.93. The van der Waals surface area contributed by atoms with Gasteiger partial charge in [-0.2, -0.15) is 0 Å². The number of benzene rings is 6. The number of aryl methyl sites for hydroxylation is 1. The molecule has 8 aromatic rings. The van der Waals surface area contributed by atoms with Crippen molar-refractivity contribution in [3.05, 3.63) is 133 Å². The molecule has 6 aromatic carbocycles. The monoisotopic (exact) mass is 557 g/mol. The Morgan fingerprint density at radius 2 is 1.33 bits per heavy atom. The molecule has 0 aliphatic rings. The van der Waals surface area contributed by atoms with E-state index in [0.717, 1.165) is 33.2 Å². The lowest BCUT2D eigenvalue weighted by Crippen LogP contribution is -2.04. The number of rotatable bonds is 4. The van der Waals surface area contributed by atoms with E-state index in [1.807, 2.05) is 12.1 Å². The number of thioether (sulfide) groups is 1. The number of nitrogens with zero attached hydrogens (tertiary/aromatic N) is 3. The van der Waals surface area contributed by atoms with Gasteiger partial charge in [0.05, 0.1) is 22.2 Å². The van der Waals surface area contributed by atoms with Crippen molar-refractivity contribution in [3.8, 4) is 28.3 Å². The second kappa shape index (κ2) is 9.86. The normalized spacial score (nSPS) is 11.7. The van der Waals surface area contributed by atoms with Crippen molar-refractivity contribution < 1.29 is 0 Å². The predicted octanol–water partition coefficient (Wildman–Crippen LogP) is 10.2. The lowest BCUT2D eigenvalue weighted by Gasteiger charge is -2.16. The molecule has 0 saturated carbocycles. The number of aromatic nitrogens is 3. The summed E-state index contributed by atoms with van der Waals surface area (Å²) in [5.74, 6) is 0.682. The lowest BCUT2D eigenvalue weighted by molar-refractivity contribution is 1.01. The zero-order valence-corrected chi connectivity index (χ0v) is 24.2. The van der Waals surface area contributed by atoms with Crippen LogP contribution in [0.1, 0.15) is 5.56 Å². The Morgan fingerprint density at radius 3 is 2.17 bits per heavy atom. The molecule has 0 aliphatic carbocycles. The van der Waals surface area contributed by atoms with Crippen molar-refractivity contribution >= 4 is 55.2 Å². The molecule has 0 spiro atoms. The van der Waals surface area contributed by atoms with Gasteiger partial charge in [0.15, 0.2) is 0 Å². The van der Waals surface area contributed by atoms with E-state index in [1.165, 1.54) is 43.1 Å².